The number of oxime groups is 1. The van der Waals surface area contributed by atoms with Crippen LogP contribution in [0.5, 0.6) is 5.75 Å². The standard InChI is InChI=1S/C20H26BrNO5/c1-3-4-9-25-18-12-26-22-19(18)15-11-14(21)7-8-16(15)27-17(20(23)24-2)10-13-5-6-13/h7-8,11,13,17-18H,3-6,9-10,12H2,1-2H3. The zero-order valence-electron chi connectivity index (χ0n) is 15.8. The Hall–Kier alpha value is -1.60. The van der Waals surface area contributed by atoms with Crippen LogP contribution in [0.25, 0.3) is 0 Å². The molecule has 0 amide bonds. The first-order valence-corrected chi connectivity index (χ1v) is 10.3. The minimum Gasteiger partial charge on any atom is -0.478 e. The number of hydrogen-bond acceptors (Lipinski definition) is 6. The minimum atomic E-state index is -0.621. The number of ether oxygens (including phenoxy) is 3. The highest BCUT2D eigenvalue weighted by atomic mass is 79.9. The fourth-order valence-electron chi connectivity index (χ4n) is 2.97. The zero-order valence-corrected chi connectivity index (χ0v) is 17.4. The van der Waals surface area contributed by atoms with Crippen molar-refractivity contribution in [3.63, 3.8) is 0 Å². The Morgan fingerprint density at radius 1 is 1.41 bits per heavy atom. The molecule has 148 valence electrons. The van der Waals surface area contributed by atoms with Gasteiger partial charge in [-0.05, 0) is 37.0 Å². The predicted octanol–water partition coefficient (Wildman–Crippen LogP) is 4.09. The molecule has 0 aromatic heterocycles. The van der Waals surface area contributed by atoms with Crippen molar-refractivity contribution in [3.8, 4) is 5.75 Å². The van der Waals surface area contributed by atoms with Gasteiger partial charge >= 0.3 is 5.97 Å². The summed E-state index contributed by atoms with van der Waals surface area (Å²) in [5.41, 5.74) is 1.46. The van der Waals surface area contributed by atoms with E-state index in [0.717, 1.165) is 35.7 Å². The first-order valence-electron chi connectivity index (χ1n) is 9.48. The Bertz CT molecular complexity index is 689. The third-order valence-electron chi connectivity index (χ3n) is 4.71. The van der Waals surface area contributed by atoms with Crippen LogP contribution < -0.4 is 4.74 Å². The minimum absolute atomic E-state index is 0.242. The summed E-state index contributed by atoms with van der Waals surface area (Å²) in [6.07, 6.45) is 4.13. The smallest absolute Gasteiger partial charge is 0.347 e. The van der Waals surface area contributed by atoms with Crippen LogP contribution in [0.15, 0.2) is 27.8 Å². The molecule has 3 rings (SSSR count). The van der Waals surface area contributed by atoms with E-state index in [1.165, 1.54) is 7.11 Å². The molecule has 2 unspecified atom stereocenters. The summed E-state index contributed by atoms with van der Waals surface area (Å²) in [4.78, 5) is 17.5. The highest BCUT2D eigenvalue weighted by Crippen LogP contribution is 2.36. The summed E-state index contributed by atoms with van der Waals surface area (Å²) in [6.45, 7) is 3.16. The van der Waals surface area contributed by atoms with Crippen LogP contribution in [0.2, 0.25) is 0 Å². The van der Waals surface area contributed by atoms with Crippen LogP contribution in [0.1, 0.15) is 44.6 Å². The lowest BCUT2D eigenvalue weighted by Crippen LogP contribution is -2.31. The fraction of sp³-hybridized carbons (Fsp3) is 0.600. The largest absolute Gasteiger partial charge is 0.478 e. The Morgan fingerprint density at radius 2 is 2.22 bits per heavy atom. The van der Waals surface area contributed by atoms with Crippen LogP contribution in [0.4, 0.5) is 0 Å². The fourth-order valence-corrected chi connectivity index (χ4v) is 3.33. The highest BCUT2D eigenvalue weighted by Gasteiger charge is 2.33. The topological polar surface area (TPSA) is 66.3 Å². The van der Waals surface area contributed by atoms with Gasteiger partial charge in [0.1, 0.15) is 24.2 Å². The molecule has 2 aliphatic rings. The molecule has 2 atom stereocenters. The van der Waals surface area contributed by atoms with Gasteiger partial charge in [-0.25, -0.2) is 4.79 Å². The molecule has 6 nitrogen and oxygen atoms in total. The van der Waals surface area contributed by atoms with Crippen LogP contribution in [-0.4, -0.2) is 44.2 Å². The van der Waals surface area contributed by atoms with Gasteiger partial charge in [-0.2, -0.15) is 0 Å². The molecule has 1 heterocycles. The van der Waals surface area contributed by atoms with Crippen LogP contribution in [0, 0.1) is 5.92 Å². The molecule has 1 aromatic rings. The van der Waals surface area contributed by atoms with Crippen molar-refractivity contribution in [3.05, 3.63) is 28.2 Å². The molecular weight excluding hydrogens is 414 g/mol. The lowest BCUT2D eigenvalue weighted by Gasteiger charge is -2.20. The normalized spacial score (nSPS) is 20.0. The Kier molecular flexibility index (Phi) is 7.13. The van der Waals surface area contributed by atoms with Crippen molar-refractivity contribution in [1.82, 2.24) is 0 Å². The van der Waals surface area contributed by atoms with E-state index in [9.17, 15) is 4.79 Å². The summed E-state index contributed by atoms with van der Waals surface area (Å²) < 4.78 is 17.9. The molecular formula is C20H26BrNO5. The van der Waals surface area contributed by atoms with Gasteiger partial charge in [0.05, 0.1) is 7.11 Å². The molecule has 0 radical (unpaired) electrons. The van der Waals surface area contributed by atoms with E-state index in [-0.39, 0.29) is 12.1 Å². The van der Waals surface area contributed by atoms with Crippen LogP contribution in [-0.2, 0) is 19.1 Å². The molecule has 1 aliphatic carbocycles. The monoisotopic (exact) mass is 439 g/mol. The predicted molar refractivity (Wildman–Crippen MR) is 105 cm³/mol. The number of hydrogen-bond donors (Lipinski definition) is 0. The van der Waals surface area contributed by atoms with Gasteiger partial charge in [0, 0.05) is 16.6 Å². The number of carbonyl (C=O) groups excluding carboxylic acids is 1. The number of halogens is 1. The number of carbonyl (C=O) groups is 1. The van der Waals surface area contributed by atoms with Gasteiger partial charge in [-0.15, -0.1) is 0 Å². The second-order valence-electron chi connectivity index (χ2n) is 6.93. The van der Waals surface area contributed by atoms with Crippen molar-refractivity contribution in [1.29, 1.82) is 0 Å². The van der Waals surface area contributed by atoms with Gasteiger partial charge in [0.2, 0.25) is 0 Å². The molecule has 1 fully saturated rings. The molecule has 0 spiro atoms. The molecule has 0 N–H and O–H groups in total. The van der Waals surface area contributed by atoms with Gasteiger partial charge < -0.3 is 19.0 Å². The molecule has 0 bridgehead atoms. The molecule has 7 heteroatoms. The van der Waals surface area contributed by atoms with Crippen molar-refractivity contribution >= 4 is 27.6 Å². The van der Waals surface area contributed by atoms with Gasteiger partial charge in [-0.3, -0.25) is 0 Å². The number of rotatable bonds is 10. The lowest BCUT2D eigenvalue weighted by atomic mass is 10.0. The van der Waals surface area contributed by atoms with E-state index in [4.69, 9.17) is 19.0 Å². The SMILES string of the molecule is CCCCOC1CON=C1c1cc(Br)ccc1OC(CC1CC1)C(=O)OC. The second-order valence-corrected chi connectivity index (χ2v) is 7.85. The first-order chi connectivity index (χ1) is 13.1. The second kappa shape index (κ2) is 9.55. The van der Waals surface area contributed by atoms with Crippen LogP contribution in [0.3, 0.4) is 0 Å². The third-order valence-corrected chi connectivity index (χ3v) is 5.20. The number of benzene rings is 1. The number of unbranched alkanes of at least 4 members (excludes halogenated alkanes) is 1. The molecule has 27 heavy (non-hydrogen) atoms. The van der Waals surface area contributed by atoms with Crippen molar-refractivity contribution in [2.24, 2.45) is 11.1 Å². The first kappa shape index (κ1) is 20.1. The molecule has 1 aliphatic heterocycles. The van der Waals surface area contributed by atoms with Crippen molar-refractivity contribution < 1.29 is 23.8 Å². The Morgan fingerprint density at radius 3 is 2.93 bits per heavy atom. The number of nitrogens with zero attached hydrogens (tertiary/aromatic N) is 1. The van der Waals surface area contributed by atoms with E-state index >= 15 is 0 Å². The van der Waals surface area contributed by atoms with Crippen molar-refractivity contribution in [2.45, 2.75) is 51.2 Å². The molecule has 0 saturated heterocycles. The van der Waals surface area contributed by atoms with E-state index < -0.39 is 6.10 Å². The van der Waals surface area contributed by atoms with E-state index in [1.807, 2.05) is 18.2 Å². The quantitative estimate of drug-likeness (QED) is 0.405. The summed E-state index contributed by atoms with van der Waals surface area (Å²) in [7, 11) is 1.39. The molecule has 1 saturated carbocycles. The Balaban J connectivity index is 1.80. The van der Waals surface area contributed by atoms with Crippen molar-refractivity contribution in [2.75, 3.05) is 20.3 Å². The zero-order chi connectivity index (χ0) is 19.2. The average Bonchev–Trinajstić information content (AvgIpc) is 3.37. The molecule has 1 aromatic carbocycles. The van der Waals surface area contributed by atoms with E-state index in [1.54, 1.807) is 0 Å². The van der Waals surface area contributed by atoms with Gasteiger partial charge in [-0.1, -0.05) is 47.3 Å². The number of esters is 1. The van der Waals surface area contributed by atoms with Gasteiger partial charge in [0.15, 0.2) is 6.10 Å². The summed E-state index contributed by atoms with van der Waals surface area (Å²) >= 11 is 3.50. The highest BCUT2D eigenvalue weighted by molar-refractivity contribution is 9.10. The maximum absolute atomic E-state index is 12.2. The van der Waals surface area contributed by atoms with Gasteiger partial charge in [0.25, 0.3) is 0 Å². The maximum Gasteiger partial charge on any atom is 0.347 e. The summed E-state index contributed by atoms with van der Waals surface area (Å²) in [5, 5.41) is 4.19. The summed E-state index contributed by atoms with van der Waals surface area (Å²) in [6, 6.07) is 5.64. The van der Waals surface area contributed by atoms with E-state index in [0.29, 0.717) is 37.0 Å². The number of methoxy groups -OCH3 is 1. The summed E-state index contributed by atoms with van der Waals surface area (Å²) in [5.74, 6) is 0.768. The third kappa shape index (κ3) is 5.45. The maximum atomic E-state index is 12.2. The van der Waals surface area contributed by atoms with E-state index in [2.05, 4.69) is 28.0 Å². The Labute approximate surface area is 168 Å². The lowest BCUT2D eigenvalue weighted by molar-refractivity contribution is -0.149. The van der Waals surface area contributed by atoms with Crippen LogP contribution >= 0.6 is 15.9 Å². The average molecular weight is 440 g/mol.